The monoisotopic (exact) mass is 518 g/mol. The number of ketones is 1. The lowest BCUT2D eigenvalue weighted by Crippen LogP contribution is -2.29. The third kappa shape index (κ3) is 3.70. The van der Waals surface area contributed by atoms with Gasteiger partial charge in [0.25, 0.3) is 5.78 Å². The minimum absolute atomic E-state index is 0.0159. The molecule has 1 aromatic heterocycles. The van der Waals surface area contributed by atoms with E-state index in [9.17, 15) is 14.7 Å². The molecule has 180 valence electrons. The molecule has 0 spiro atoms. The van der Waals surface area contributed by atoms with Crippen molar-refractivity contribution < 1.29 is 24.2 Å². The van der Waals surface area contributed by atoms with Crippen LogP contribution in [-0.4, -0.2) is 35.0 Å². The molecule has 4 aromatic rings. The largest absolute Gasteiger partial charge is 0.507 e. The molecule has 0 saturated carbocycles. The van der Waals surface area contributed by atoms with Crippen molar-refractivity contribution in [2.75, 3.05) is 18.1 Å². The van der Waals surface area contributed by atoms with E-state index < -0.39 is 17.7 Å². The maximum absolute atomic E-state index is 13.4. The minimum Gasteiger partial charge on any atom is -0.507 e. The van der Waals surface area contributed by atoms with Gasteiger partial charge in [-0.25, -0.2) is 4.98 Å². The smallest absolute Gasteiger partial charge is 0.301 e. The van der Waals surface area contributed by atoms with E-state index in [1.807, 2.05) is 31.2 Å². The van der Waals surface area contributed by atoms with Gasteiger partial charge in [-0.1, -0.05) is 52.8 Å². The third-order valence-electron chi connectivity index (χ3n) is 6.20. The number of halogens is 1. The van der Waals surface area contributed by atoms with Crippen LogP contribution < -0.4 is 14.4 Å². The molecule has 1 N–H and O–H groups in total. The van der Waals surface area contributed by atoms with Crippen LogP contribution in [-0.2, 0) is 9.59 Å². The van der Waals surface area contributed by atoms with Crippen LogP contribution in [0.3, 0.4) is 0 Å². The number of nitrogens with zero attached hydrogens (tertiary/aromatic N) is 2. The van der Waals surface area contributed by atoms with E-state index in [1.165, 1.54) is 16.2 Å². The van der Waals surface area contributed by atoms with Crippen LogP contribution in [0.25, 0.3) is 16.0 Å². The van der Waals surface area contributed by atoms with E-state index in [0.29, 0.717) is 51.5 Å². The Hall–Kier alpha value is -3.88. The number of hydrogen-bond acceptors (Lipinski definition) is 7. The number of hydrogen-bond donors (Lipinski definition) is 1. The molecule has 1 unspecified atom stereocenters. The molecule has 2 aliphatic heterocycles. The van der Waals surface area contributed by atoms with Gasteiger partial charge in [0.15, 0.2) is 16.6 Å². The van der Waals surface area contributed by atoms with Gasteiger partial charge >= 0.3 is 5.91 Å². The second kappa shape index (κ2) is 8.65. The molecule has 36 heavy (non-hydrogen) atoms. The van der Waals surface area contributed by atoms with Crippen molar-refractivity contribution in [2.24, 2.45) is 0 Å². The number of carbonyl (C=O) groups is 2. The number of thiazole rings is 1. The van der Waals surface area contributed by atoms with E-state index in [2.05, 4.69) is 4.98 Å². The first-order valence-electron chi connectivity index (χ1n) is 11.2. The van der Waals surface area contributed by atoms with Gasteiger partial charge in [0.05, 0.1) is 21.8 Å². The van der Waals surface area contributed by atoms with Crippen LogP contribution in [0, 0.1) is 6.92 Å². The summed E-state index contributed by atoms with van der Waals surface area (Å²) in [4.78, 5) is 32.8. The van der Waals surface area contributed by atoms with E-state index >= 15 is 0 Å². The average molecular weight is 519 g/mol. The summed E-state index contributed by atoms with van der Waals surface area (Å²) in [6.45, 7) is 2.77. The Labute approximate surface area is 215 Å². The van der Waals surface area contributed by atoms with E-state index in [0.717, 1.165) is 10.3 Å². The number of rotatable bonds is 3. The summed E-state index contributed by atoms with van der Waals surface area (Å²) in [5.41, 5.74) is 2.70. The number of amides is 1. The Morgan fingerprint density at radius 3 is 2.56 bits per heavy atom. The molecule has 1 atom stereocenters. The normalized spacial score (nSPS) is 18.7. The highest BCUT2D eigenvalue weighted by atomic mass is 35.5. The molecule has 1 saturated heterocycles. The molecule has 3 aromatic carbocycles. The number of benzene rings is 3. The lowest BCUT2D eigenvalue weighted by atomic mass is 9.94. The predicted octanol–water partition coefficient (Wildman–Crippen LogP) is 5.66. The van der Waals surface area contributed by atoms with E-state index in [4.69, 9.17) is 21.1 Å². The molecule has 3 heterocycles. The Morgan fingerprint density at radius 2 is 1.78 bits per heavy atom. The summed E-state index contributed by atoms with van der Waals surface area (Å²) in [5.74, 6) is -0.812. The molecule has 7 nitrogen and oxygen atoms in total. The molecule has 1 amide bonds. The Balaban J connectivity index is 1.54. The van der Waals surface area contributed by atoms with Crippen LogP contribution in [0.5, 0.6) is 11.5 Å². The lowest BCUT2D eigenvalue weighted by Gasteiger charge is -2.23. The van der Waals surface area contributed by atoms with E-state index in [-0.39, 0.29) is 11.3 Å². The number of carbonyl (C=O) groups excluding carboxylic acids is 2. The van der Waals surface area contributed by atoms with Crippen molar-refractivity contribution in [1.29, 1.82) is 0 Å². The topological polar surface area (TPSA) is 89.0 Å². The average Bonchev–Trinajstić information content (AvgIpc) is 3.41. The van der Waals surface area contributed by atoms with Crippen molar-refractivity contribution in [3.05, 3.63) is 87.9 Å². The van der Waals surface area contributed by atoms with E-state index in [1.54, 1.807) is 36.4 Å². The number of aliphatic hydroxyl groups excluding tert-OH is 1. The van der Waals surface area contributed by atoms with Crippen LogP contribution in [0.2, 0.25) is 5.02 Å². The van der Waals surface area contributed by atoms with Crippen LogP contribution in [0.4, 0.5) is 5.13 Å². The zero-order chi connectivity index (χ0) is 25.0. The minimum atomic E-state index is -0.866. The fourth-order valence-corrected chi connectivity index (χ4v) is 5.70. The zero-order valence-electron chi connectivity index (χ0n) is 19.0. The van der Waals surface area contributed by atoms with Gasteiger partial charge in [-0.15, -0.1) is 0 Å². The maximum Gasteiger partial charge on any atom is 0.301 e. The molecule has 0 bridgehead atoms. The quantitative estimate of drug-likeness (QED) is 0.214. The summed E-state index contributed by atoms with van der Waals surface area (Å²) in [6.07, 6.45) is 0. The highest BCUT2D eigenvalue weighted by Crippen LogP contribution is 2.45. The van der Waals surface area contributed by atoms with Gasteiger partial charge in [0, 0.05) is 10.6 Å². The van der Waals surface area contributed by atoms with Crippen LogP contribution in [0.1, 0.15) is 22.7 Å². The van der Waals surface area contributed by atoms with Crippen molar-refractivity contribution in [2.45, 2.75) is 13.0 Å². The first-order valence-corrected chi connectivity index (χ1v) is 12.4. The molecule has 2 aliphatic rings. The lowest BCUT2D eigenvalue weighted by molar-refractivity contribution is -0.132. The van der Waals surface area contributed by atoms with Gasteiger partial charge in [0.2, 0.25) is 0 Å². The first kappa shape index (κ1) is 22.6. The molecular formula is C27H19ClN2O5S. The standard InChI is InChI=1S/C27H19ClN2O5S/c1-14-2-4-15(5-3-14)23-22(24(31)16-6-9-19-20(12-16)35-11-10-34-19)25(32)26(33)30(23)27-29-18-8-7-17(28)13-21(18)36-27/h2-9,12-13,23,31H,10-11H2,1H3. The number of ether oxygens (including phenoxy) is 2. The van der Waals surface area contributed by atoms with Crippen LogP contribution >= 0.6 is 22.9 Å². The summed E-state index contributed by atoms with van der Waals surface area (Å²) in [7, 11) is 0. The summed E-state index contributed by atoms with van der Waals surface area (Å²) in [6, 6.07) is 16.8. The maximum atomic E-state index is 13.4. The molecular weight excluding hydrogens is 500 g/mol. The number of anilines is 1. The van der Waals surface area contributed by atoms with Gasteiger partial charge in [-0.2, -0.15) is 0 Å². The second-order valence-electron chi connectivity index (χ2n) is 8.55. The number of aromatic nitrogens is 1. The second-order valence-corrected chi connectivity index (χ2v) is 9.99. The van der Waals surface area contributed by atoms with Gasteiger partial charge in [0.1, 0.15) is 19.0 Å². The summed E-state index contributed by atoms with van der Waals surface area (Å²) >= 11 is 7.41. The van der Waals surface area contributed by atoms with Crippen molar-refractivity contribution >= 4 is 55.7 Å². The fraction of sp³-hybridized carbons (Fsp3) is 0.148. The molecule has 1 fully saturated rings. The SMILES string of the molecule is Cc1ccc(C2C(=C(O)c3ccc4c(c3)OCCO4)C(=O)C(=O)N2c2nc3ccc(Cl)cc3s2)cc1. The zero-order valence-corrected chi connectivity index (χ0v) is 20.6. The Bertz CT molecular complexity index is 1580. The fourth-order valence-electron chi connectivity index (χ4n) is 4.43. The highest BCUT2D eigenvalue weighted by molar-refractivity contribution is 7.22. The molecule has 0 aliphatic carbocycles. The van der Waals surface area contributed by atoms with Gasteiger partial charge in [-0.3, -0.25) is 14.5 Å². The number of Topliss-reactive ketones (excluding diaryl/α,β-unsaturated/α-hetero) is 1. The van der Waals surface area contributed by atoms with Crippen molar-refractivity contribution in [3.8, 4) is 11.5 Å². The van der Waals surface area contributed by atoms with Gasteiger partial charge in [-0.05, 0) is 48.9 Å². The van der Waals surface area contributed by atoms with Crippen molar-refractivity contribution in [1.82, 2.24) is 4.98 Å². The number of aryl methyl sites for hydroxylation is 1. The third-order valence-corrected chi connectivity index (χ3v) is 7.45. The molecule has 6 rings (SSSR count). The van der Waals surface area contributed by atoms with Crippen LogP contribution in [0.15, 0.2) is 66.2 Å². The molecule has 9 heteroatoms. The Kier molecular flexibility index (Phi) is 5.43. The summed E-state index contributed by atoms with van der Waals surface area (Å²) in [5, 5.41) is 12.3. The molecule has 0 radical (unpaired) electrons. The number of fused-ring (bicyclic) bond motifs is 2. The predicted molar refractivity (Wildman–Crippen MR) is 138 cm³/mol. The number of aliphatic hydroxyl groups is 1. The highest BCUT2D eigenvalue weighted by Gasteiger charge is 2.48. The first-order chi connectivity index (χ1) is 17.4. The van der Waals surface area contributed by atoms with Crippen molar-refractivity contribution in [3.63, 3.8) is 0 Å². The Morgan fingerprint density at radius 1 is 1.03 bits per heavy atom. The summed E-state index contributed by atoms with van der Waals surface area (Å²) < 4.78 is 12.0. The van der Waals surface area contributed by atoms with Gasteiger partial charge < -0.3 is 14.6 Å².